The molecule has 0 aliphatic carbocycles. The first kappa shape index (κ1) is 9.86. The van der Waals surface area contributed by atoms with Crippen LogP contribution in [0.3, 0.4) is 0 Å². The third kappa shape index (κ3) is 3.45. The fraction of sp³-hybridized carbons (Fsp3) is 0.375. The highest BCUT2D eigenvalue weighted by Gasteiger charge is 1.92. The lowest BCUT2D eigenvalue weighted by molar-refractivity contribution is 1.16. The molecule has 1 aromatic rings. The van der Waals surface area contributed by atoms with E-state index in [1.54, 1.807) is 0 Å². The zero-order valence-corrected chi connectivity index (χ0v) is 9.28. The van der Waals surface area contributed by atoms with Crippen molar-refractivity contribution in [2.24, 2.45) is 0 Å². The average molecular weight is 247 g/mol. The Balaban J connectivity index is 2.41. The summed E-state index contributed by atoms with van der Waals surface area (Å²) in [7, 11) is 0. The minimum absolute atomic E-state index is 0.872. The molecule has 1 aromatic heterocycles. The van der Waals surface area contributed by atoms with Crippen molar-refractivity contribution in [3.63, 3.8) is 0 Å². The molecule has 66 valence electrons. The lowest BCUT2D eigenvalue weighted by Crippen LogP contribution is -2.04. The monoisotopic (exact) mass is 246 g/mol. The number of pyridine rings is 1. The van der Waals surface area contributed by atoms with Gasteiger partial charge in [0.25, 0.3) is 0 Å². The number of hydrogen-bond acceptors (Lipinski definition) is 3. The Kier molecular flexibility index (Phi) is 4.46. The van der Waals surface area contributed by atoms with E-state index in [0.29, 0.717) is 0 Å². The largest absolute Gasteiger partial charge is 0.369 e. The van der Waals surface area contributed by atoms with Crippen LogP contribution in [-0.2, 0) is 0 Å². The van der Waals surface area contributed by atoms with Crippen molar-refractivity contribution >= 4 is 33.5 Å². The number of nitrogens with zero attached hydrogens (tertiary/aromatic N) is 1. The van der Waals surface area contributed by atoms with Gasteiger partial charge in [-0.1, -0.05) is 6.07 Å². The summed E-state index contributed by atoms with van der Waals surface area (Å²) in [5, 5.41) is 3.22. The van der Waals surface area contributed by atoms with E-state index in [1.807, 2.05) is 30.0 Å². The fourth-order valence-electron chi connectivity index (χ4n) is 0.788. The maximum atomic E-state index is 4.24. The molecule has 2 nitrogen and oxygen atoms in total. The third-order valence-corrected chi connectivity index (χ3v) is 2.38. The minimum atomic E-state index is 0.872. The minimum Gasteiger partial charge on any atom is -0.369 e. The van der Waals surface area contributed by atoms with Gasteiger partial charge in [-0.2, -0.15) is 11.8 Å². The van der Waals surface area contributed by atoms with E-state index in [4.69, 9.17) is 0 Å². The molecule has 0 bridgehead atoms. The molecule has 0 aliphatic heterocycles. The number of hydrogen-bond donors (Lipinski definition) is 1. The highest BCUT2D eigenvalue weighted by Crippen LogP contribution is 2.09. The van der Waals surface area contributed by atoms with Gasteiger partial charge in [0.05, 0.1) is 0 Å². The van der Waals surface area contributed by atoms with E-state index >= 15 is 0 Å². The van der Waals surface area contributed by atoms with Gasteiger partial charge in [0.2, 0.25) is 0 Å². The van der Waals surface area contributed by atoms with Crippen molar-refractivity contribution in [3.8, 4) is 0 Å². The molecule has 0 saturated heterocycles. The van der Waals surface area contributed by atoms with Crippen molar-refractivity contribution in [2.75, 3.05) is 23.9 Å². The van der Waals surface area contributed by atoms with Crippen LogP contribution in [-0.4, -0.2) is 23.5 Å². The molecule has 0 aliphatic rings. The van der Waals surface area contributed by atoms with Gasteiger partial charge < -0.3 is 5.32 Å². The number of thioether (sulfide) groups is 1. The highest BCUT2D eigenvalue weighted by molar-refractivity contribution is 9.10. The molecule has 0 atom stereocenters. The van der Waals surface area contributed by atoms with Crippen LogP contribution in [0.15, 0.2) is 22.8 Å². The zero-order chi connectivity index (χ0) is 8.81. The molecule has 0 unspecified atom stereocenters. The van der Waals surface area contributed by atoms with E-state index in [1.165, 1.54) is 0 Å². The number of nitrogens with one attached hydrogen (secondary N) is 1. The molecule has 1 rings (SSSR count). The van der Waals surface area contributed by atoms with E-state index in [0.717, 1.165) is 22.7 Å². The second-order valence-electron chi connectivity index (χ2n) is 2.27. The molecule has 0 fully saturated rings. The second kappa shape index (κ2) is 5.43. The summed E-state index contributed by atoms with van der Waals surface area (Å²) in [5.41, 5.74) is 0. The summed E-state index contributed by atoms with van der Waals surface area (Å²) < 4.78 is 0.872. The Bertz CT molecular complexity index is 242. The molecular formula is C8H11BrN2S. The van der Waals surface area contributed by atoms with E-state index in [-0.39, 0.29) is 0 Å². The van der Waals surface area contributed by atoms with Crippen LogP contribution >= 0.6 is 27.7 Å². The topological polar surface area (TPSA) is 24.9 Å². The van der Waals surface area contributed by atoms with E-state index in [9.17, 15) is 0 Å². The Labute approximate surface area is 85.3 Å². The predicted molar refractivity (Wildman–Crippen MR) is 58.8 cm³/mol. The van der Waals surface area contributed by atoms with Crippen molar-refractivity contribution in [1.82, 2.24) is 4.98 Å². The first-order chi connectivity index (χ1) is 5.83. The molecule has 0 amide bonds. The van der Waals surface area contributed by atoms with Gasteiger partial charge in [-0.3, -0.25) is 0 Å². The first-order valence-corrected chi connectivity index (χ1v) is 5.87. The van der Waals surface area contributed by atoms with Crippen molar-refractivity contribution in [1.29, 1.82) is 0 Å². The van der Waals surface area contributed by atoms with Gasteiger partial charge in [-0.15, -0.1) is 0 Å². The van der Waals surface area contributed by atoms with E-state index in [2.05, 4.69) is 32.5 Å². The highest BCUT2D eigenvalue weighted by atomic mass is 79.9. The molecule has 0 radical (unpaired) electrons. The SMILES string of the molecule is CSCCNc1cccc(Br)n1. The molecule has 0 spiro atoms. The maximum Gasteiger partial charge on any atom is 0.127 e. The van der Waals surface area contributed by atoms with Crippen LogP contribution in [0.25, 0.3) is 0 Å². The Hall–Kier alpha value is -0.220. The van der Waals surface area contributed by atoms with Crippen LogP contribution in [0.5, 0.6) is 0 Å². The zero-order valence-electron chi connectivity index (χ0n) is 6.88. The molecular weight excluding hydrogens is 236 g/mol. The Morgan fingerprint density at radius 3 is 3.08 bits per heavy atom. The van der Waals surface area contributed by atoms with Gasteiger partial charge >= 0.3 is 0 Å². The van der Waals surface area contributed by atoms with Crippen LogP contribution in [0.1, 0.15) is 0 Å². The van der Waals surface area contributed by atoms with E-state index < -0.39 is 0 Å². The number of aromatic nitrogens is 1. The van der Waals surface area contributed by atoms with Gasteiger partial charge in [-0.05, 0) is 34.3 Å². The molecule has 0 aromatic carbocycles. The lowest BCUT2D eigenvalue weighted by atomic mass is 10.4. The number of halogens is 1. The predicted octanol–water partition coefficient (Wildman–Crippen LogP) is 2.62. The van der Waals surface area contributed by atoms with Gasteiger partial charge in [-0.25, -0.2) is 4.98 Å². The van der Waals surface area contributed by atoms with Gasteiger partial charge in [0.15, 0.2) is 0 Å². The molecule has 1 N–H and O–H groups in total. The lowest BCUT2D eigenvalue weighted by Gasteiger charge is -2.03. The maximum absolute atomic E-state index is 4.24. The summed E-state index contributed by atoms with van der Waals surface area (Å²) in [6, 6.07) is 5.85. The van der Waals surface area contributed by atoms with Crippen LogP contribution in [0, 0.1) is 0 Å². The first-order valence-electron chi connectivity index (χ1n) is 3.68. The van der Waals surface area contributed by atoms with Gasteiger partial charge in [0.1, 0.15) is 10.4 Å². The second-order valence-corrected chi connectivity index (χ2v) is 4.06. The molecule has 0 saturated carbocycles. The van der Waals surface area contributed by atoms with Crippen LogP contribution < -0.4 is 5.32 Å². The molecule has 12 heavy (non-hydrogen) atoms. The summed E-state index contributed by atoms with van der Waals surface area (Å²) in [6.45, 7) is 0.963. The van der Waals surface area contributed by atoms with Crippen LogP contribution in [0.4, 0.5) is 5.82 Å². The quantitative estimate of drug-likeness (QED) is 0.654. The van der Waals surface area contributed by atoms with Crippen molar-refractivity contribution in [2.45, 2.75) is 0 Å². The van der Waals surface area contributed by atoms with Crippen molar-refractivity contribution in [3.05, 3.63) is 22.8 Å². The van der Waals surface area contributed by atoms with Gasteiger partial charge in [0, 0.05) is 12.3 Å². The number of rotatable bonds is 4. The fourth-order valence-corrected chi connectivity index (χ4v) is 1.44. The Morgan fingerprint density at radius 2 is 2.42 bits per heavy atom. The average Bonchev–Trinajstić information content (AvgIpc) is 2.05. The van der Waals surface area contributed by atoms with Crippen molar-refractivity contribution < 1.29 is 0 Å². The normalized spacial score (nSPS) is 9.83. The third-order valence-electron chi connectivity index (χ3n) is 1.33. The summed E-state index contributed by atoms with van der Waals surface area (Å²) in [4.78, 5) is 4.24. The molecule has 4 heteroatoms. The summed E-state index contributed by atoms with van der Waals surface area (Å²) in [5.74, 6) is 2.03. The summed E-state index contributed by atoms with van der Waals surface area (Å²) >= 11 is 5.14. The smallest absolute Gasteiger partial charge is 0.127 e. The summed E-state index contributed by atoms with van der Waals surface area (Å²) in [6.07, 6.45) is 2.09. The Morgan fingerprint density at radius 1 is 1.58 bits per heavy atom. The number of anilines is 1. The molecule has 1 heterocycles. The van der Waals surface area contributed by atoms with Crippen LogP contribution in [0.2, 0.25) is 0 Å². The standard InChI is InChI=1S/C8H11BrN2S/c1-12-6-5-10-8-4-2-3-7(9)11-8/h2-4H,5-6H2,1H3,(H,10,11).